The summed E-state index contributed by atoms with van der Waals surface area (Å²) in [5.41, 5.74) is 1.28. The molecule has 0 spiro atoms. The number of nitrogens with zero attached hydrogens (tertiary/aromatic N) is 2. The molecule has 3 rings (SSSR count). The van der Waals surface area contributed by atoms with Crippen molar-refractivity contribution in [2.45, 2.75) is 51.6 Å². The van der Waals surface area contributed by atoms with E-state index < -0.39 is 0 Å². The molecule has 1 atom stereocenters. The fourth-order valence-electron chi connectivity index (χ4n) is 2.91. The molecule has 1 N–H and O–H groups in total. The fraction of sp³-hybridized carbons (Fsp3) is 0.800. The van der Waals surface area contributed by atoms with Crippen molar-refractivity contribution in [3.05, 3.63) is 16.1 Å². The van der Waals surface area contributed by atoms with Crippen molar-refractivity contribution >= 4 is 11.3 Å². The number of rotatable bonds is 7. The molecule has 0 radical (unpaired) electrons. The standard InChI is InChI=1S/C15H25N3S/c1-2-15-17-14(11-19-15)10-18(8-12-5-6-12)9-13-4-3-7-16-13/h11-13,16H,2-10H2,1H3. The zero-order valence-corrected chi connectivity index (χ0v) is 12.7. The van der Waals surface area contributed by atoms with Crippen LogP contribution < -0.4 is 5.32 Å². The van der Waals surface area contributed by atoms with E-state index >= 15 is 0 Å². The quantitative estimate of drug-likeness (QED) is 0.832. The third-order valence-electron chi connectivity index (χ3n) is 4.14. The van der Waals surface area contributed by atoms with Crippen molar-refractivity contribution in [2.75, 3.05) is 19.6 Å². The van der Waals surface area contributed by atoms with E-state index in [2.05, 4.69) is 22.5 Å². The van der Waals surface area contributed by atoms with Crippen molar-refractivity contribution in [3.8, 4) is 0 Å². The van der Waals surface area contributed by atoms with Gasteiger partial charge in [-0.15, -0.1) is 11.3 Å². The van der Waals surface area contributed by atoms with E-state index in [4.69, 9.17) is 4.98 Å². The molecule has 106 valence electrons. The summed E-state index contributed by atoms with van der Waals surface area (Å²) in [6.45, 7) is 6.92. The van der Waals surface area contributed by atoms with Crippen molar-refractivity contribution < 1.29 is 0 Å². The highest BCUT2D eigenvalue weighted by molar-refractivity contribution is 7.09. The topological polar surface area (TPSA) is 28.2 Å². The molecule has 19 heavy (non-hydrogen) atoms. The number of nitrogens with one attached hydrogen (secondary N) is 1. The van der Waals surface area contributed by atoms with E-state index in [1.54, 1.807) is 0 Å². The van der Waals surface area contributed by atoms with Gasteiger partial charge in [0.2, 0.25) is 0 Å². The van der Waals surface area contributed by atoms with Gasteiger partial charge in [-0.1, -0.05) is 6.92 Å². The van der Waals surface area contributed by atoms with Crippen LogP contribution in [0.15, 0.2) is 5.38 Å². The molecule has 2 aliphatic rings. The molecular formula is C15H25N3S. The number of aryl methyl sites for hydroxylation is 1. The molecule has 3 nitrogen and oxygen atoms in total. The zero-order chi connectivity index (χ0) is 13.1. The third-order valence-corrected chi connectivity index (χ3v) is 5.18. The molecule has 1 aromatic heterocycles. The second-order valence-electron chi connectivity index (χ2n) is 6.02. The molecule has 1 aliphatic heterocycles. The second-order valence-corrected chi connectivity index (χ2v) is 6.96. The Morgan fingerprint density at radius 2 is 2.26 bits per heavy atom. The summed E-state index contributed by atoms with van der Waals surface area (Å²) in [6.07, 6.45) is 6.63. The first-order valence-corrected chi connectivity index (χ1v) is 8.60. The predicted octanol–water partition coefficient (Wildman–Crippen LogP) is 2.67. The Balaban J connectivity index is 1.57. The van der Waals surface area contributed by atoms with Gasteiger partial charge in [0.05, 0.1) is 10.7 Å². The van der Waals surface area contributed by atoms with Gasteiger partial charge >= 0.3 is 0 Å². The number of hydrogen-bond donors (Lipinski definition) is 1. The summed E-state index contributed by atoms with van der Waals surface area (Å²) in [7, 11) is 0. The maximum atomic E-state index is 4.73. The van der Waals surface area contributed by atoms with Crippen molar-refractivity contribution in [3.63, 3.8) is 0 Å². The highest BCUT2D eigenvalue weighted by atomic mass is 32.1. The molecule has 2 heterocycles. The van der Waals surface area contributed by atoms with Crippen LogP contribution in [0.2, 0.25) is 0 Å². The normalized spacial score (nSPS) is 23.4. The number of aromatic nitrogens is 1. The Morgan fingerprint density at radius 1 is 1.37 bits per heavy atom. The Hall–Kier alpha value is -0.450. The molecule has 2 fully saturated rings. The highest BCUT2D eigenvalue weighted by Gasteiger charge is 2.26. The van der Waals surface area contributed by atoms with Crippen LogP contribution in [0, 0.1) is 5.92 Å². The van der Waals surface area contributed by atoms with Crippen LogP contribution >= 0.6 is 11.3 Å². The lowest BCUT2D eigenvalue weighted by Gasteiger charge is -2.24. The van der Waals surface area contributed by atoms with E-state index in [0.29, 0.717) is 6.04 Å². The molecule has 0 bridgehead atoms. The second kappa shape index (κ2) is 6.33. The van der Waals surface area contributed by atoms with Crippen LogP contribution in [0.3, 0.4) is 0 Å². The first-order chi connectivity index (χ1) is 9.33. The minimum atomic E-state index is 0.711. The van der Waals surface area contributed by atoms with E-state index in [0.717, 1.165) is 18.9 Å². The predicted molar refractivity (Wildman–Crippen MR) is 80.5 cm³/mol. The first-order valence-electron chi connectivity index (χ1n) is 7.72. The Labute approximate surface area is 120 Å². The molecule has 0 aromatic carbocycles. The highest BCUT2D eigenvalue weighted by Crippen LogP contribution is 2.30. The van der Waals surface area contributed by atoms with Gasteiger partial charge in [0.25, 0.3) is 0 Å². The molecule has 1 saturated carbocycles. The van der Waals surface area contributed by atoms with Gasteiger partial charge in [-0.25, -0.2) is 4.98 Å². The lowest BCUT2D eigenvalue weighted by molar-refractivity contribution is 0.229. The third kappa shape index (κ3) is 4.01. The summed E-state index contributed by atoms with van der Waals surface area (Å²) >= 11 is 1.82. The molecule has 0 amide bonds. The van der Waals surface area contributed by atoms with Crippen LogP contribution in [-0.4, -0.2) is 35.6 Å². The Kier molecular flexibility index (Phi) is 4.51. The number of thiazole rings is 1. The summed E-state index contributed by atoms with van der Waals surface area (Å²) in [5.74, 6) is 0.964. The van der Waals surface area contributed by atoms with Crippen molar-refractivity contribution in [2.24, 2.45) is 5.92 Å². The fourth-order valence-corrected chi connectivity index (χ4v) is 3.64. The molecule has 4 heteroatoms. The van der Waals surface area contributed by atoms with Crippen LogP contribution in [0.1, 0.15) is 43.3 Å². The monoisotopic (exact) mass is 279 g/mol. The summed E-state index contributed by atoms with van der Waals surface area (Å²) in [6, 6.07) is 0.711. The Morgan fingerprint density at radius 3 is 2.89 bits per heavy atom. The maximum absolute atomic E-state index is 4.73. The van der Waals surface area contributed by atoms with E-state index in [-0.39, 0.29) is 0 Å². The van der Waals surface area contributed by atoms with E-state index in [1.807, 2.05) is 11.3 Å². The maximum Gasteiger partial charge on any atom is 0.0926 e. The molecule has 1 aromatic rings. The van der Waals surface area contributed by atoms with Gasteiger partial charge in [0, 0.05) is 31.1 Å². The first kappa shape index (κ1) is 13.5. The molecule has 1 unspecified atom stereocenters. The van der Waals surface area contributed by atoms with Gasteiger partial charge in [-0.2, -0.15) is 0 Å². The zero-order valence-electron chi connectivity index (χ0n) is 11.9. The van der Waals surface area contributed by atoms with Gasteiger partial charge < -0.3 is 5.32 Å². The van der Waals surface area contributed by atoms with E-state index in [1.165, 1.54) is 56.0 Å². The average Bonchev–Trinajstić information content (AvgIpc) is 2.91. The smallest absolute Gasteiger partial charge is 0.0926 e. The van der Waals surface area contributed by atoms with Crippen LogP contribution in [0.5, 0.6) is 0 Å². The SMILES string of the molecule is CCc1nc(CN(CC2CC2)CC2CCCN2)cs1. The van der Waals surface area contributed by atoms with Crippen LogP contribution in [0.4, 0.5) is 0 Å². The van der Waals surface area contributed by atoms with Gasteiger partial charge in [0.1, 0.15) is 0 Å². The van der Waals surface area contributed by atoms with Gasteiger partial charge in [0.15, 0.2) is 0 Å². The van der Waals surface area contributed by atoms with Crippen molar-refractivity contribution in [1.29, 1.82) is 0 Å². The molecule has 1 aliphatic carbocycles. The van der Waals surface area contributed by atoms with Crippen LogP contribution in [0.25, 0.3) is 0 Å². The van der Waals surface area contributed by atoms with Gasteiger partial charge in [-0.05, 0) is 44.6 Å². The average molecular weight is 279 g/mol. The summed E-state index contributed by atoms with van der Waals surface area (Å²) in [4.78, 5) is 7.36. The van der Waals surface area contributed by atoms with Crippen LogP contribution in [-0.2, 0) is 13.0 Å². The largest absolute Gasteiger partial charge is 0.313 e. The lowest BCUT2D eigenvalue weighted by Crippen LogP contribution is -2.38. The minimum absolute atomic E-state index is 0.711. The van der Waals surface area contributed by atoms with Crippen molar-refractivity contribution in [1.82, 2.24) is 15.2 Å². The molecular weight excluding hydrogens is 254 g/mol. The molecule has 1 saturated heterocycles. The van der Waals surface area contributed by atoms with E-state index in [9.17, 15) is 0 Å². The van der Waals surface area contributed by atoms with Gasteiger partial charge in [-0.3, -0.25) is 4.90 Å². The minimum Gasteiger partial charge on any atom is -0.313 e. The summed E-state index contributed by atoms with van der Waals surface area (Å²) < 4.78 is 0. The number of hydrogen-bond acceptors (Lipinski definition) is 4. The summed E-state index contributed by atoms with van der Waals surface area (Å²) in [5, 5.41) is 7.15. The Bertz CT molecular complexity index is 394. The lowest BCUT2D eigenvalue weighted by atomic mass is 10.2.